The number of carbonyl (C=O) groups is 1. The van der Waals surface area contributed by atoms with Crippen LogP contribution < -0.4 is 4.74 Å². The number of piperazine rings is 1. The zero-order valence-corrected chi connectivity index (χ0v) is 17.4. The lowest BCUT2D eigenvalue weighted by Gasteiger charge is -2.38. The lowest BCUT2D eigenvalue weighted by Crippen LogP contribution is -2.49. The van der Waals surface area contributed by atoms with Crippen LogP contribution in [0.1, 0.15) is 29.7 Å². The van der Waals surface area contributed by atoms with Gasteiger partial charge in [-0.2, -0.15) is 0 Å². The topological polar surface area (TPSA) is 48.6 Å². The Morgan fingerprint density at radius 2 is 1.93 bits per heavy atom. The molecule has 5 heteroatoms. The molecule has 29 heavy (non-hydrogen) atoms. The van der Waals surface area contributed by atoms with Gasteiger partial charge in [-0.3, -0.25) is 9.69 Å². The lowest BCUT2D eigenvalue weighted by molar-refractivity contribution is -0.132. The summed E-state index contributed by atoms with van der Waals surface area (Å²) in [5, 5.41) is 1.15. The molecule has 152 valence electrons. The van der Waals surface area contributed by atoms with Crippen LogP contribution in [0.15, 0.2) is 48.7 Å². The van der Waals surface area contributed by atoms with Crippen LogP contribution in [0.2, 0.25) is 0 Å². The van der Waals surface area contributed by atoms with Gasteiger partial charge in [0.05, 0.1) is 13.5 Å². The van der Waals surface area contributed by atoms with Crippen molar-refractivity contribution in [1.29, 1.82) is 0 Å². The summed E-state index contributed by atoms with van der Waals surface area (Å²) in [4.78, 5) is 20.6. The average Bonchev–Trinajstić information content (AvgIpc) is 3.15. The number of nitrogens with one attached hydrogen (secondary N) is 1. The third-order valence-electron chi connectivity index (χ3n) is 6.06. The number of benzene rings is 2. The second-order valence-corrected chi connectivity index (χ2v) is 7.91. The van der Waals surface area contributed by atoms with E-state index < -0.39 is 0 Å². The van der Waals surface area contributed by atoms with Crippen molar-refractivity contribution in [3.8, 4) is 5.75 Å². The van der Waals surface area contributed by atoms with Gasteiger partial charge >= 0.3 is 0 Å². The van der Waals surface area contributed by atoms with Crippen molar-refractivity contribution in [3.63, 3.8) is 0 Å². The van der Waals surface area contributed by atoms with Crippen molar-refractivity contribution in [3.05, 3.63) is 65.4 Å². The second-order valence-electron chi connectivity index (χ2n) is 7.91. The van der Waals surface area contributed by atoms with E-state index in [4.69, 9.17) is 4.74 Å². The second kappa shape index (κ2) is 8.29. The minimum atomic E-state index is 0.208. The monoisotopic (exact) mass is 391 g/mol. The largest absolute Gasteiger partial charge is 0.497 e. The first-order chi connectivity index (χ1) is 14.0. The van der Waals surface area contributed by atoms with Gasteiger partial charge in [-0.15, -0.1) is 0 Å². The van der Waals surface area contributed by atoms with Crippen LogP contribution in [0.25, 0.3) is 10.9 Å². The number of fused-ring (bicyclic) bond motifs is 1. The number of amides is 1. The fourth-order valence-corrected chi connectivity index (χ4v) is 4.19. The Morgan fingerprint density at radius 1 is 1.14 bits per heavy atom. The minimum Gasteiger partial charge on any atom is -0.497 e. The molecule has 0 bridgehead atoms. The molecule has 1 aliphatic rings. The van der Waals surface area contributed by atoms with Gasteiger partial charge in [0, 0.05) is 49.3 Å². The Hall–Kier alpha value is -2.79. The number of hydrogen-bond acceptors (Lipinski definition) is 3. The molecule has 1 aromatic heterocycles. The quantitative estimate of drug-likeness (QED) is 0.717. The van der Waals surface area contributed by atoms with Gasteiger partial charge < -0.3 is 14.6 Å². The van der Waals surface area contributed by atoms with E-state index in [0.29, 0.717) is 12.5 Å². The van der Waals surface area contributed by atoms with Gasteiger partial charge in [0.15, 0.2) is 0 Å². The van der Waals surface area contributed by atoms with E-state index in [1.165, 1.54) is 11.1 Å². The molecule has 5 nitrogen and oxygen atoms in total. The van der Waals surface area contributed by atoms with Crippen LogP contribution in [-0.2, 0) is 11.2 Å². The van der Waals surface area contributed by atoms with Gasteiger partial charge in [-0.05, 0) is 48.7 Å². The summed E-state index contributed by atoms with van der Waals surface area (Å²) >= 11 is 0. The molecule has 1 N–H and O–H groups in total. The number of methoxy groups -OCH3 is 1. The van der Waals surface area contributed by atoms with Crippen LogP contribution in [0, 0.1) is 6.92 Å². The number of aryl methyl sites for hydroxylation is 1. The summed E-state index contributed by atoms with van der Waals surface area (Å²) < 4.78 is 5.35. The predicted molar refractivity (Wildman–Crippen MR) is 116 cm³/mol. The Morgan fingerprint density at radius 3 is 2.69 bits per heavy atom. The molecule has 1 atom stereocenters. The zero-order valence-electron chi connectivity index (χ0n) is 17.4. The van der Waals surface area contributed by atoms with E-state index >= 15 is 0 Å². The predicted octanol–water partition coefficient (Wildman–Crippen LogP) is 3.93. The smallest absolute Gasteiger partial charge is 0.227 e. The molecule has 1 fully saturated rings. The molecule has 0 aliphatic carbocycles. The molecule has 0 radical (unpaired) electrons. The molecule has 3 aromatic rings. The molecule has 1 amide bonds. The molecular weight excluding hydrogens is 362 g/mol. The number of aromatic amines is 1. The standard InChI is InChI=1S/C24H29N3O2/c1-17-7-8-22-20(16-25-23(22)13-17)15-24(28)27-11-9-26(10-12-27)18(2)19-5-4-6-21(14-19)29-3/h4-8,13-14,16,18,25H,9-12,15H2,1-3H3. The number of hydrogen-bond donors (Lipinski definition) is 1. The highest BCUT2D eigenvalue weighted by Gasteiger charge is 2.25. The Bertz CT molecular complexity index is 1000. The van der Waals surface area contributed by atoms with Crippen molar-refractivity contribution < 1.29 is 9.53 Å². The van der Waals surface area contributed by atoms with Gasteiger partial charge in [0.1, 0.15) is 5.75 Å². The van der Waals surface area contributed by atoms with E-state index in [2.05, 4.69) is 54.1 Å². The van der Waals surface area contributed by atoms with Gasteiger partial charge in [-0.25, -0.2) is 0 Å². The summed E-state index contributed by atoms with van der Waals surface area (Å²) in [6, 6.07) is 14.9. The van der Waals surface area contributed by atoms with E-state index in [1.807, 2.05) is 23.2 Å². The summed E-state index contributed by atoms with van der Waals surface area (Å²) in [6.07, 6.45) is 2.43. The highest BCUT2D eigenvalue weighted by molar-refractivity contribution is 5.89. The van der Waals surface area contributed by atoms with Crippen molar-refractivity contribution >= 4 is 16.8 Å². The fraction of sp³-hybridized carbons (Fsp3) is 0.375. The third-order valence-corrected chi connectivity index (χ3v) is 6.06. The number of rotatable bonds is 5. The van der Waals surface area contributed by atoms with Crippen LogP contribution in [0.4, 0.5) is 0 Å². The first kappa shape index (κ1) is 19.5. The van der Waals surface area contributed by atoms with Crippen LogP contribution in [-0.4, -0.2) is 54.0 Å². The van der Waals surface area contributed by atoms with E-state index in [1.54, 1.807) is 7.11 Å². The average molecular weight is 392 g/mol. The first-order valence-corrected chi connectivity index (χ1v) is 10.3. The van der Waals surface area contributed by atoms with Crippen molar-refractivity contribution in [2.45, 2.75) is 26.3 Å². The number of H-pyrrole nitrogens is 1. The van der Waals surface area contributed by atoms with E-state index in [9.17, 15) is 4.79 Å². The number of nitrogens with zero attached hydrogens (tertiary/aromatic N) is 2. The van der Waals surface area contributed by atoms with Crippen LogP contribution in [0.5, 0.6) is 5.75 Å². The normalized spacial score (nSPS) is 16.2. The highest BCUT2D eigenvalue weighted by Crippen LogP contribution is 2.25. The van der Waals surface area contributed by atoms with Crippen LogP contribution >= 0.6 is 0 Å². The van der Waals surface area contributed by atoms with Gasteiger partial charge in [-0.1, -0.05) is 24.3 Å². The SMILES string of the molecule is COc1cccc(C(C)N2CCN(C(=O)Cc3c[nH]c4cc(C)ccc34)CC2)c1. The summed E-state index contributed by atoms with van der Waals surface area (Å²) in [5.74, 6) is 1.09. The highest BCUT2D eigenvalue weighted by atomic mass is 16.5. The molecular formula is C24H29N3O2. The molecule has 0 spiro atoms. The summed E-state index contributed by atoms with van der Waals surface area (Å²) in [7, 11) is 1.70. The zero-order chi connectivity index (χ0) is 20.4. The lowest BCUT2D eigenvalue weighted by atomic mass is 10.1. The fourth-order valence-electron chi connectivity index (χ4n) is 4.19. The molecule has 0 saturated carbocycles. The van der Waals surface area contributed by atoms with E-state index in [-0.39, 0.29) is 5.91 Å². The molecule has 2 heterocycles. The maximum atomic E-state index is 12.9. The third kappa shape index (κ3) is 4.15. The summed E-state index contributed by atoms with van der Waals surface area (Å²) in [5.41, 5.74) is 4.65. The molecule has 4 rings (SSSR count). The number of aromatic nitrogens is 1. The Kier molecular flexibility index (Phi) is 5.58. The Labute approximate surface area is 172 Å². The first-order valence-electron chi connectivity index (χ1n) is 10.3. The van der Waals surface area contributed by atoms with Crippen molar-refractivity contribution in [2.24, 2.45) is 0 Å². The van der Waals surface area contributed by atoms with Gasteiger partial charge in [0.25, 0.3) is 0 Å². The van der Waals surface area contributed by atoms with E-state index in [0.717, 1.165) is 48.4 Å². The molecule has 1 saturated heterocycles. The molecule has 2 aromatic carbocycles. The maximum Gasteiger partial charge on any atom is 0.227 e. The van der Waals surface area contributed by atoms with Crippen molar-refractivity contribution in [2.75, 3.05) is 33.3 Å². The van der Waals surface area contributed by atoms with Crippen LogP contribution in [0.3, 0.4) is 0 Å². The number of carbonyl (C=O) groups excluding carboxylic acids is 1. The van der Waals surface area contributed by atoms with Gasteiger partial charge in [0.2, 0.25) is 5.91 Å². The Balaban J connectivity index is 1.36. The summed E-state index contributed by atoms with van der Waals surface area (Å²) in [6.45, 7) is 7.62. The maximum absolute atomic E-state index is 12.9. The molecule has 1 aliphatic heterocycles. The molecule has 1 unspecified atom stereocenters. The number of ether oxygens (including phenoxy) is 1. The minimum absolute atomic E-state index is 0.208. The van der Waals surface area contributed by atoms with Crippen molar-refractivity contribution in [1.82, 2.24) is 14.8 Å².